The molecule has 0 aliphatic heterocycles. The fraction of sp³-hybridized carbons (Fsp3) is 0.125. The summed E-state index contributed by atoms with van der Waals surface area (Å²) < 4.78 is 0. The number of nitrogens with two attached hydrogens (primary N) is 1. The first-order chi connectivity index (χ1) is 10.2. The van der Waals surface area contributed by atoms with Crippen LogP contribution in [0.5, 0.6) is 0 Å². The number of nitrogens with one attached hydrogen (secondary N) is 1. The Morgan fingerprint density at radius 3 is 2.76 bits per heavy atom. The Bertz CT molecular complexity index is 724. The van der Waals surface area contributed by atoms with Crippen molar-refractivity contribution in [3.8, 4) is 11.3 Å². The topological polar surface area (TPSA) is 87.8 Å². The van der Waals surface area contributed by atoms with E-state index in [1.165, 1.54) is 0 Å². The molecule has 0 aliphatic rings. The highest BCUT2D eigenvalue weighted by Gasteiger charge is 2.16. The molecular weight excluding hydrogens is 264 g/mol. The lowest BCUT2D eigenvalue weighted by Crippen LogP contribution is -2.03. The summed E-state index contributed by atoms with van der Waals surface area (Å²) in [4.78, 5) is 3.95. The van der Waals surface area contributed by atoms with Gasteiger partial charge in [0.05, 0.1) is 18.0 Å². The van der Waals surface area contributed by atoms with Gasteiger partial charge < -0.3 is 10.8 Å². The smallest absolute Gasteiger partial charge is 0.123 e. The zero-order valence-corrected chi connectivity index (χ0v) is 11.4. The maximum absolute atomic E-state index is 10.5. The predicted octanol–water partition coefficient (Wildman–Crippen LogP) is 2.33. The summed E-state index contributed by atoms with van der Waals surface area (Å²) in [6.45, 7) is 0. The van der Waals surface area contributed by atoms with Gasteiger partial charge in [-0.05, 0) is 23.3 Å². The second kappa shape index (κ2) is 5.76. The quantitative estimate of drug-likeness (QED) is 0.684. The number of aromatic nitrogens is 3. The summed E-state index contributed by atoms with van der Waals surface area (Å²) in [6.07, 6.45) is 3.12. The summed E-state index contributed by atoms with van der Waals surface area (Å²) in [5.74, 6) is 0.454. The maximum Gasteiger partial charge on any atom is 0.123 e. The van der Waals surface area contributed by atoms with E-state index in [1.807, 2.05) is 36.4 Å². The van der Waals surface area contributed by atoms with Gasteiger partial charge in [-0.1, -0.05) is 30.3 Å². The minimum absolute atomic E-state index is 0.454. The van der Waals surface area contributed by atoms with Crippen LogP contribution >= 0.6 is 0 Å². The highest BCUT2D eigenvalue weighted by atomic mass is 16.3. The number of aliphatic hydroxyl groups excluding tert-OH is 1. The molecule has 106 valence electrons. The molecule has 0 spiro atoms. The Labute approximate surface area is 122 Å². The Morgan fingerprint density at radius 1 is 1.19 bits per heavy atom. The maximum atomic E-state index is 10.5. The number of rotatable bonds is 4. The summed E-state index contributed by atoms with van der Waals surface area (Å²) in [5.41, 5.74) is 9.21. The van der Waals surface area contributed by atoms with Gasteiger partial charge in [0.1, 0.15) is 5.82 Å². The van der Waals surface area contributed by atoms with Crippen LogP contribution in [-0.4, -0.2) is 20.3 Å². The Balaban J connectivity index is 1.86. The molecule has 0 aliphatic carbocycles. The van der Waals surface area contributed by atoms with Crippen molar-refractivity contribution in [3.05, 3.63) is 66.0 Å². The molecule has 0 bridgehead atoms. The normalized spacial score (nSPS) is 12.2. The van der Waals surface area contributed by atoms with Gasteiger partial charge in [0.2, 0.25) is 0 Å². The van der Waals surface area contributed by atoms with Gasteiger partial charge in [-0.15, -0.1) is 0 Å². The Morgan fingerprint density at radius 2 is 2.00 bits per heavy atom. The summed E-state index contributed by atoms with van der Waals surface area (Å²) in [7, 11) is 0. The average molecular weight is 280 g/mol. The van der Waals surface area contributed by atoms with Crippen molar-refractivity contribution < 1.29 is 5.11 Å². The molecular formula is C16H16N4O. The van der Waals surface area contributed by atoms with Crippen molar-refractivity contribution in [3.63, 3.8) is 0 Å². The third-order valence-electron chi connectivity index (χ3n) is 3.36. The number of hydrogen-bond donors (Lipinski definition) is 3. The van der Waals surface area contributed by atoms with Crippen LogP contribution < -0.4 is 5.73 Å². The standard InChI is InChI=1S/C16H16N4O/c17-15-9-11(6-7-18-15)8-14(21)13-10-19-20-16(13)12-4-2-1-3-5-12/h1-7,9-10,14,21H,8H2,(H2,17,18)(H,19,20). The number of nitrogen functional groups attached to an aromatic ring is 1. The predicted molar refractivity (Wildman–Crippen MR) is 81.3 cm³/mol. The molecule has 5 heteroatoms. The van der Waals surface area contributed by atoms with Gasteiger partial charge in [-0.25, -0.2) is 4.98 Å². The number of aliphatic hydroxyl groups is 1. The van der Waals surface area contributed by atoms with Crippen molar-refractivity contribution in [1.29, 1.82) is 0 Å². The van der Waals surface area contributed by atoms with E-state index in [9.17, 15) is 5.11 Å². The van der Waals surface area contributed by atoms with Crippen molar-refractivity contribution in [1.82, 2.24) is 15.2 Å². The van der Waals surface area contributed by atoms with E-state index in [-0.39, 0.29) is 0 Å². The van der Waals surface area contributed by atoms with Gasteiger partial charge in [-0.2, -0.15) is 5.10 Å². The molecule has 0 fully saturated rings. The second-order valence-electron chi connectivity index (χ2n) is 4.88. The summed E-state index contributed by atoms with van der Waals surface area (Å²) in [5, 5.41) is 17.5. The molecule has 3 aromatic rings. The highest BCUT2D eigenvalue weighted by Crippen LogP contribution is 2.28. The van der Waals surface area contributed by atoms with Crippen LogP contribution in [0.4, 0.5) is 5.82 Å². The SMILES string of the molecule is Nc1cc(CC(O)c2cn[nH]c2-c2ccccc2)ccn1. The first-order valence-corrected chi connectivity index (χ1v) is 6.71. The number of hydrogen-bond acceptors (Lipinski definition) is 4. The molecule has 0 saturated heterocycles. The van der Waals surface area contributed by atoms with Gasteiger partial charge in [0, 0.05) is 18.2 Å². The molecule has 1 atom stereocenters. The Kier molecular flexibility index (Phi) is 3.66. The number of anilines is 1. The number of aromatic amines is 1. The molecule has 4 N–H and O–H groups in total. The highest BCUT2D eigenvalue weighted by molar-refractivity contribution is 5.63. The van der Waals surface area contributed by atoms with E-state index in [0.717, 1.165) is 22.4 Å². The lowest BCUT2D eigenvalue weighted by molar-refractivity contribution is 0.179. The van der Waals surface area contributed by atoms with Gasteiger partial charge in [0.15, 0.2) is 0 Å². The monoisotopic (exact) mass is 280 g/mol. The zero-order valence-electron chi connectivity index (χ0n) is 11.4. The summed E-state index contributed by atoms with van der Waals surface area (Å²) >= 11 is 0. The number of benzene rings is 1. The minimum atomic E-state index is -0.652. The van der Waals surface area contributed by atoms with E-state index in [4.69, 9.17) is 5.73 Å². The summed E-state index contributed by atoms with van der Waals surface area (Å²) in [6, 6.07) is 13.4. The number of H-pyrrole nitrogens is 1. The molecule has 21 heavy (non-hydrogen) atoms. The third-order valence-corrected chi connectivity index (χ3v) is 3.36. The van der Waals surface area contributed by atoms with Crippen LogP contribution in [0.15, 0.2) is 54.9 Å². The molecule has 0 radical (unpaired) electrons. The molecule has 1 aromatic carbocycles. The molecule has 5 nitrogen and oxygen atoms in total. The number of pyridine rings is 1. The van der Waals surface area contributed by atoms with Crippen LogP contribution in [0, 0.1) is 0 Å². The molecule has 2 aromatic heterocycles. The fourth-order valence-electron chi connectivity index (χ4n) is 2.34. The Hall–Kier alpha value is -2.66. The van der Waals surface area contributed by atoms with E-state index in [2.05, 4.69) is 15.2 Å². The molecule has 0 amide bonds. The second-order valence-corrected chi connectivity index (χ2v) is 4.88. The van der Waals surface area contributed by atoms with E-state index >= 15 is 0 Å². The van der Waals surface area contributed by atoms with Gasteiger partial charge in [0.25, 0.3) is 0 Å². The average Bonchev–Trinajstić information content (AvgIpc) is 2.98. The third kappa shape index (κ3) is 2.93. The van der Waals surface area contributed by atoms with Crippen LogP contribution in [0.25, 0.3) is 11.3 Å². The van der Waals surface area contributed by atoms with Crippen molar-refractivity contribution >= 4 is 5.82 Å². The van der Waals surface area contributed by atoms with Crippen molar-refractivity contribution in [2.45, 2.75) is 12.5 Å². The van der Waals surface area contributed by atoms with Crippen LogP contribution in [-0.2, 0) is 6.42 Å². The van der Waals surface area contributed by atoms with Crippen molar-refractivity contribution in [2.24, 2.45) is 0 Å². The van der Waals surface area contributed by atoms with Crippen LogP contribution in [0.2, 0.25) is 0 Å². The van der Waals surface area contributed by atoms with Gasteiger partial charge >= 0.3 is 0 Å². The first kappa shape index (κ1) is 13.3. The molecule has 0 saturated carbocycles. The molecule has 1 unspecified atom stereocenters. The van der Waals surface area contributed by atoms with Crippen LogP contribution in [0.3, 0.4) is 0 Å². The fourth-order valence-corrected chi connectivity index (χ4v) is 2.34. The van der Waals surface area contributed by atoms with Crippen molar-refractivity contribution in [2.75, 3.05) is 5.73 Å². The lowest BCUT2D eigenvalue weighted by atomic mass is 9.99. The van der Waals surface area contributed by atoms with E-state index < -0.39 is 6.10 Å². The first-order valence-electron chi connectivity index (χ1n) is 6.71. The lowest BCUT2D eigenvalue weighted by Gasteiger charge is -2.11. The molecule has 3 rings (SSSR count). The minimum Gasteiger partial charge on any atom is -0.388 e. The van der Waals surface area contributed by atoms with E-state index in [0.29, 0.717) is 12.2 Å². The number of nitrogens with zero attached hydrogens (tertiary/aromatic N) is 2. The molecule has 2 heterocycles. The van der Waals surface area contributed by atoms with Gasteiger partial charge in [-0.3, -0.25) is 5.10 Å². The largest absolute Gasteiger partial charge is 0.388 e. The van der Waals surface area contributed by atoms with E-state index in [1.54, 1.807) is 18.5 Å². The zero-order chi connectivity index (χ0) is 14.7. The van der Waals surface area contributed by atoms with Crippen LogP contribution in [0.1, 0.15) is 17.2 Å².